The molecule has 0 radical (unpaired) electrons. The van der Waals surface area contributed by atoms with Crippen molar-refractivity contribution in [1.82, 2.24) is 9.88 Å². The van der Waals surface area contributed by atoms with E-state index in [-0.39, 0.29) is 26.5 Å². The van der Waals surface area contributed by atoms with E-state index < -0.39 is 5.97 Å². The molecule has 2 heterocycles. The Morgan fingerprint density at radius 1 is 1.23 bits per heavy atom. The molecule has 0 atom stereocenters. The molecule has 5 nitrogen and oxygen atoms in total. The van der Waals surface area contributed by atoms with Gasteiger partial charge < -0.3 is 0 Å². The molecule has 156 valence electrons. The summed E-state index contributed by atoms with van der Waals surface area (Å²) in [6.07, 6.45) is 2.03. The molecule has 1 aliphatic heterocycles. The molecule has 1 saturated heterocycles. The molecule has 1 aliphatic rings. The van der Waals surface area contributed by atoms with Crippen LogP contribution in [-0.4, -0.2) is 54.7 Å². The van der Waals surface area contributed by atoms with Crippen LogP contribution in [0.4, 0.5) is 0 Å². The Bertz CT molecular complexity index is 1040. The van der Waals surface area contributed by atoms with Crippen LogP contribution in [0.1, 0.15) is 19.4 Å². The van der Waals surface area contributed by atoms with Crippen LogP contribution in [0.2, 0.25) is 5.02 Å². The second-order valence-corrected chi connectivity index (χ2v) is 10.3. The molecular weight excluding hydrogens is 467 g/mol. The minimum atomic E-state index is -0.698. The number of rotatable bonds is 7. The molecule has 7 heteroatoms. The van der Waals surface area contributed by atoms with Crippen molar-refractivity contribution in [2.45, 2.75) is 26.5 Å². The van der Waals surface area contributed by atoms with Gasteiger partial charge in [0, 0.05) is 0 Å². The summed E-state index contributed by atoms with van der Waals surface area (Å²) in [5.41, 5.74) is 3.41. The van der Waals surface area contributed by atoms with E-state index in [0.29, 0.717) is 23.9 Å². The van der Waals surface area contributed by atoms with Gasteiger partial charge in [0.1, 0.15) is 0 Å². The average Bonchev–Trinajstić information content (AvgIpc) is 3.16. The van der Waals surface area contributed by atoms with Crippen LogP contribution in [0.5, 0.6) is 5.75 Å². The number of hydrogen-bond donors (Lipinski definition) is 1. The average molecular weight is 490 g/mol. The Morgan fingerprint density at radius 3 is 2.57 bits per heavy atom. The summed E-state index contributed by atoms with van der Waals surface area (Å²) < 4.78 is 8.00. The van der Waals surface area contributed by atoms with Crippen molar-refractivity contribution in [2.75, 3.05) is 13.1 Å². The topological polar surface area (TPSA) is 62.7 Å². The van der Waals surface area contributed by atoms with Gasteiger partial charge in [0.25, 0.3) is 0 Å². The standard InChI is InChI=1S/C23H23ClN2O3Se/c1-14(2)29-20-8-7-17(9-19(20)24)22-25-10-21(30-22)16-5-3-15(4-6-16)11-26-12-18(13-26)23(27)28/h3-10,14,18H,11-13H2,1-2H3,(H,27,28). The van der Waals surface area contributed by atoms with E-state index in [4.69, 9.17) is 21.4 Å². The van der Waals surface area contributed by atoms with Crippen LogP contribution < -0.4 is 4.74 Å². The zero-order chi connectivity index (χ0) is 21.3. The summed E-state index contributed by atoms with van der Waals surface area (Å²) in [6.45, 7) is 6.01. The molecule has 30 heavy (non-hydrogen) atoms. The molecule has 2 aromatic carbocycles. The molecule has 0 bridgehead atoms. The summed E-state index contributed by atoms with van der Waals surface area (Å²) in [5, 5.41) is 9.59. The van der Waals surface area contributed by atoms with Crippen LogP contribution >= 0.6 is 11.6 Å². The first-order valence-corrected chi connectivity index (χ1v) is 11.9. The number of hydrogen-bond acceptors (Lipinski definition) is 4. The molecule has 0 unspecified atom stereocenters. The van der Waals surface area contributed by atoms with E-state index in [2.05, 4.69) is 34.1 Å². The van der Waals surface area contributed by atoms with Crippen molar-refractivity contribution in [1.29, 1.82) is 0 Å². The summed E-state index contributed by atoms with van der Waals surface area (Å²) in [6, 6.07) is 14.3. The van der Waals surface area contributed by atoms with Crippen molar-refractivity contribution >= 4 is 32.1 Å². The van der Waals surface area contributed by atoms with E-state index in [0.717, 1.165) is 16.7 Å². The summed E-state index contributed by atoms with van der Waals surface area (Å²) in [7, 11) is 0. The minimum absolute atomic E-state index is 0.0809. The molecule has 1 N–H and O–H groups in total. The number of aliphatic carboxylic acids is 1. The Labute approximate surface area is 187 Å². The predicted molar refractivity (Wildman–Crippen MR) is 119 cm³/mol. The molecule has 0 amide bonds. The van der Waals surface area contributed by atoms with Crippen molar-refractivity contribution in [3.8, 4) is 25.9 Å². The van der Waals surface area contributed by atoms with Gasteiger partial charge in [-0.1, -0.05) is 0 Å². The number of aromatic nitrogens is 1. The van der Waals surface area contributed by atoms with Crippen LogP contribution in [0, 0.1) is 5.92 Å². The Balaban J connectivity index is 1.43. The SMILES string of the molecule is CC(C)Oc1ccc(-c2ncc(-c3ccc(CN4CC(C(=O)O)C4)cc3)[se]2)cc1Cl. The van der Waals surface area contributed by atoms with Crippen molar-refractivity contribution < 1.29 is 14.6 Å². The molecule has 4 rings (SSSR count). The van der Waals surface area contributed by atoms with Crippen molar-refractivity contribution in [3.05, 3.63) is 59.2 Å². The monoisotopic (exact) mass is 490 g/mol. The quantitative estimate of drug-likeness (QED) is 0.498. The van der Waals surface area contributed by atoms with Gasteiger partial charge in [-0.3, -0.25) is 0 Å². The van der Waals surface area contributed by atoms with Gasteiger partial charge in [0.15, 0.2) is 0 Å². The normalized spacial score (nSPS) is 14.7. The molecule has 1 fully saturated rings. The fraction of sp³-hybridized carbons (Fsp3) is 0.304. The van der Waals surface area contributed by atoms with E-state index in [9.17, 15) is 4.79 Å². The Kier molecular flexibility index (Phi) is 6.30. The van der Waals surface area contributed by atoms with Crippen molar-refractivity contribution in [2.24, 2.45) is 5.92 Å². The number of ether oxygens (including phenoxy) is 1. The maximum atomic E-state index is 10.9. The number of carboxylic acid groups (broad SMARTS) is 1. The summed E-state index contributed by atoms with van der Waals surface area (Å²) >= 11 is 6.49. The van der Waals surface area contributed by atoms with Gasteiger partial charge in [-0.25, -0.2) is 0 Å². The third-order valence-corrected chi connectivity index (χ3v) is 7.59. The number of carbonyl (C=O) groups is 1. The second kappa shape index (κ2) is 8.94. The van der Waals surface area contributed by atoms with Crippen LogP contribution in [0.25, 0.3) is 20.1 Å². The first-order chi connectivity index (χ1) is 14.4. The number of likely N-dealkylation sites (tertiary alicyclic amines) is 1. The van der Waals surface area contributed by atoms with Crippen LogP contribution in [0.15, 0.2) is 48.7 Å². The molecule has 0 spiro atoms. The molecule has 1 aromatic heterocycles. The molecular formula is C23H23ClN2O3Se. The van der Waals surface area contributed by atoms with E-state index in [1.165, 1.54) is 15.6 Å². The zero-order valence-corrected chi connectivity index (χ0v) is 19.3. The van der Waals surface area contributed by atoms with E-state index in [1.807, 2.05) is 38.2 Å². The second-order valence-electron chi connectivity index (χ2n) is 7.77. The fourth-order valence-electron chi connectivity index (χ4n) is 3.41. The first-order valence-electron chi connectivity index (χ1n) is 9.86. The maximum absolute atomic E-state index is 10.9. The third-order valence-electron chi connectivity index (χ3n) is 5.00. The summed E-state index contributed by atoms with van der Waals surface area (Å²) in [4.78, 5) is 17.7. The zero-order valence-electron chi connectivity index (χ0n) is 16.8. The predicted octanol–water partition coefficient (Wildman–Crippen LogP) is 4.43. The van der Waals surface area contributed by atoms with Gasteiger partial charge >= 0.3 is 187 Å². The number of carboxylic acids is 1. The molecule has 3 aromatic rings. The van der Waals surface area contributed by atoms with Crippen LogP contribution in [0.3, 0.4) is 0 Å². The van der Waals surface area contributed by atoms with Crippen LogP contribution in [-0.2, 0) is 11.3 Å². The number of benzene rings is 2. The van der Waals surface area contributed by atoms with Gasteiger partial charge in [0.05, 0.1) is 0 Å². The summed E-state index contributed by atoms with van der Waals surface area (Å²) in [5.74, 6) is -0.218. The number of nitrogens with zero attached hydrogens (tertiary/aromatic N) is 2. The van der Waals surface area contributed by atoms with Gasteiger partial charge in [-0.2, -0.15) is 0 Å². The van der Waals surface area contributed by atoms with Crippen molar-refractivity contribution in [3.63, 3.8) is 0 Å². The number of halogens is 1. The third kappa shape index (κ3) is 4.79. The van der Waals surface area contributed by atoms with Gasteiger partial charge in [-0.05, 0) is 0 Å². The molecule has 0 aliphatic carbocycles. The van der Waals surface area contributed by atoms with E-state index >= 15 is 0 Å². The van der Waals surface area contributed by atoms with Gasteiger partial charge in [0.2, 0.25) is 0 Å². The fourth-order valence-corrected chi connectivity index (χ4v) is 5.56. The Morgan fingerprint density at radius 2 is 1.93 bits per heavy atom. The van der Waals surface area contributed by atoms with Gasteiger partial charge in [-0.15, -0.1) is 0 Å². The first kappa shape index (κ1) is 21.1. The molecule has 0 saturated carbocycles. The Hall–Kier alpha value is -2.11. The van der Waals surface area contributed by atoms with E-state index in [1.54, 1.807) is 0 Å².